The molecule has 0 aliphatic carbocycles. The number of carbonyl (C=O) groups is 4. The molecule has 9 nitrogen and oxygen atoms in total. The predicted molar refractivity (Wildman–Crippen MR) is 114 cm³/mol. The summed E-state index contributed by atoms with van der Waals surface area (Å²) in [6.45, 7) is 1.86. The molecule has 4 atom stereocenters. The lowest BCUT2D eigenvalue weighted by Crippen LogP contribution is -2.57. The molecule has 0 saturated carbocycles. The number of nitrogens with one attached hydrogen (secondary N) is 2. The van der Waals surface area contributed by atoms with Crippen LogP contribution in [0, 0.1) is 0 Å². The van der Waals surface area contributed by atoms with E-state index in [2.05, 4.69) is 23.3 Å². The second kappa shape index (κ2) is 11.0. The van der Waals surface area contributed by atoms with Crippen molar-refractivity contribution in [2.45, 2.75) is 50.4 Å². The maximum Gasteiger partial charge on any atom is 0.327 e. The number of hydrogen-bond donors (Lipinski definition) is 5. The molecule has 4 unspecified atom stereocenters. The number of aliphatic carboxylic acids is 1. The fourth-order valence-corrected chi connectivity index (χ4v) is 3.56. The monoisotopic (exact) mass is 436 g/mol. The molecule has 0 radical (unpaired) electrons. The lowest BCUT2D eigenvalue weighted by molar-refractivity contribution is -0.144. The number of thiol groups is 1. The minimum Gasteiger partial charge on any atom is -0.480 e. The molecule has 2 rings (SSSR count). The topological polar surface area (TPSA) is 142 Å². The van der Waals surface area contributed by atoms with E-state index in [0.29, 0.717) is 19.4 Å². The molecule has 0 aromatic heterocycles. The molecule has 0 spiro atoms. The van der Waals surface area contributed by atoms with Crippen LogP contribution in [0.3, 0.4) is 0 Å². The first-order chi connectivity index (χ1) is 14.2. The smallest absolute Gasteiger partial charge is 0.327 e. The number of likely N-dealkylation sites (tertiary alicyclic amines) is 1. The third kappa shape index (κ3) is 6.20. The van der Waals surface area contributed by atoms with Crippen LogP contribution in [0.5, 0.6) is 0 Å². The highest BCUT2D eigenvalue weighted by Crippen LogP contribution is 2.20. The minimum absolute atomic E-state index is 0.0666. The molecular formula is C20H28N4O5S. The molecule has 3 amide bonds. The van der Waals surface area contributed by atoms with Gasteiger partial charge in [-0.1, -0.05) is 30.3 Å². The Balaban J connectivity index is 2.18. The number of benzene rings is 1. The van der Waals surface area contributed by atoms with Gasteiger partial charge in [-0.3, -0.25) is 14.4 Å². The molecule has 164 valence electrons. The van der Waals surface area contributed by atoms with Gasteiger partial charge >= 0.3 is 5.97 Å². The number of amides is 3. The molecule has 1 aromatic rings. The van der Waals surface area contributed by atoms with Crippen LogP contribution in [0.4, 0.5) is 0 Å². The summed E-state index contributed by atoms with van der Waals surface area (Å²) in [5, 5.41) is 14.2. The third-order valence-corrected chi connectivity index (χ3v) is 5.31. The second-order valence-electron chi connectivity index (χ2n) is 7.31. The van der Waals surface area contributed by atoms with Crippen molar-refractivity contribution < 1.29 is 24.3 Å². The lowest BCUT2D eigenvalue weighted by atomic mass is 10.0. The zero-order valence-corrected chi connectivity index (χ0v) is 17.7. The zero-order valence-electron chi connectivity index (χ0n) is 16.8. The van der Waals surface area contributed by atoms with Gasteiger partial charge in [-0.25, -0.2) is 4.79 Å². The number of rotatable bonds is 9. The molecule has 5 N–H and O–H groups in total. The van der Waals surface area contributed by atoms with Crippen molar-refractivity contribution in [1.82, 2.24) is 15.5 Å². The Morgan fingerprint density at radius 3 is 2.43 bits per heavy atom. The standard InChI is InChI=1S/C20H28N4O5S/c1-12(21)17(25)22-14(10-13-6-3-2-4-7-13)19(27)24-9-5-8-16(24)18(26)23-15(11-30)20(28)29/h2-4,6-7,12,14-16,30H,5,8-11,21H2,1H3,(H,22,25)(H,23,26)(H,28,29). The Labute approximate surface area is 180 Å². The molecule has 1 aromatic carbocycles. The number of carboxylic acids is 1. The van der Waals surface area contributed by atoms with Crippen molar-refractivity contribution in [3.63, 3.8) is 0 Å². The first-order valence-electron chi connectivity index (χ1n) is 9.79. The van der Waals surface area contributed by atoms with E-state index in [0.717, 1.165) is 5.56 Å². The summed E-state index contributed by atoms with van der Waals surface area (Å²) in [6, 6.07) is 5.58. The fraction of sp³-hybridized carbons (Fsp3) is 0.500. The molecule has 1 aliphatic heterocycles. The highest BCUT2D eigenvalue weighted by molar-refractivity contribution is 7.80. The maximum absolute atomic E-state index is 13.3. The van der Waals surface area contributed by atoms with Crippen molar-refractivity contribution in [3.05, 3.63) is 35.9 Å². The van der Waals surface area contributed by atoms with Crippen LogP contribution in [0.25, 0.3) is 0 Å². The average Bonchev–Trinajstić information content (AvgIpc) is 3.21. The molecule has 1 fully saturated rings. The first-order valence-corrected chi connectivity index (χ1v) is 10.4. The number of hydrogen-bond acceptors (Lipinski definition) is 6. The van der Waals surface area contributed by atoms with E-state index in [1.807, 2.05) is 30.3 Å². The summed E-state index contributed by atoms with van der Waals surface area (Å²) in [4.78, 5) is 50.7. The Hall–Kier alpha value is -2.59. The van der Waals surface area contributed by atoms with E-state index >= 15 is 0 Å². The highest BCUT2D eigenvalue weighted by atomic mass is 32.1. The van der Waals surface area contributed by atoms with E-state index in [4.69, 9.17) is 10.8 Å². The van der Waals surface area contributed by atoms with E-state index < -0.39 is 47.9 Å². The number of carbonyl (C=O) groups excluding carboxylic acids is 3. The van der Waals surface area contributed by atoms with Gasteiger partial charge in [0, 0.05) is 18.7 Å². The Morgan fingerprint density at radius 2 is 1.87 bits per heavy atom. The Morgan fingerprint density at radius 1 is 1.20 bits per heavy atom. The largest absolute Gasteiger partial charge is 0.480 e. The van der Waals surface area contributed by atoms with E-state index in [1.165, 1.54) is 11.8 Å². The van der Waals surface area contributed by atoms with Gasteiger partial charge in [-0.2, -0.15) is 12.6 Å². The summed E-state index contributed by atoms with van der Waals surface area (Å²) in [5.74, 6) is -2.67. The van der Waals surface area contributed by atoms with Crippen molar-refractivity contribution >= 4 is 36.3 Å². The van der Waals surface area contributed by atoms with Crippen molar-refractivity contribution in [2.75, 3.05) is 12.3 Å². The van der Waals surface area contributed by atoms with Crippen LogP contribution in [0.15, 0.2) is 30.3 Å². The zero-order chi connectivity index (χ0) is 22.3. The Bertz CT molecular complexity index is 774. The van der Waals surface area contributed by atoms with Gasteiger partial charge in [0.1, 0.15) is 18.1 Å². The van der Waals surface area contributed by atoms with Gasteiger partial charge in [-0.15, -0.1) is 0 Å². The van der Waals surface area contributed by atoms with Gasteiger partial charge in [-0.05, 0) is 25.3 Å². The summed E-state index contributed by atoms with van der Waals surface area (Å²) < 4.78 is 0. The van der Waals surface area contributed by atoms with Gasteiger partial charge in [0.2, 0.25) is 17.7 Å². The van der Waals surface area contributed by atoms with Crippen molar-refractivity contribution in [3.8, 4) is 0 Å². The number of nitrogens with zero attached hydrogens (tertiary/aromatic N) is 1. The fourth-order valence-electron chi connectivity index (χ4n) is 3.31. The SMILES string of the molecule is CC(N)C(=O)NC(Cc1ccccc1)C(=O)N1CCCC1C(=O)NC(CS)C(=O)O. The van der Waals surface area contributed by atoms with Crippen LogP contribution in [0.1, 0.15) is 25.3 Å². The van der Waals surface area contributed by atoms with Gasteiger partial charge in [0.05, 0.1) is 6.04 Å². The third-order valence-electron chi connectivity index (χ3n) is 4.95. The van der Waals surface area contributed by atoms with Crippen LogP contribution < -0.4 is 16.4 Å². The number of nitrogens with two attached hydrogens (primary N) is 1. The van der Waals surface area contributed by atoms with Crippen LogP contribution in [-0.4, -0.2) is 70.2 Å². The molecule has 1 aliphatic rings. The highest BCUT2D eigenvalue weighted by Gasteiger charge is 2.38. The van der Waals surface area contributed by atoms with E-state index in [1.54, 1.807) is 0 Å². The molecule has 0 bridgehead atoms. The summed E-state index contributed by atoms with van der Waals surface area (Å²) in [6.07, 6.45) is 1.26. The summed E-state index contributed by atoms with van der Waals surface area (Å²) in [5.41, 5.74) is 6.49. The minimum atomic E-state index is -1.19. The molecule has 1 saturated heterocycles. The molecule has 30 heavy (non-hydrogen) atoms. The normalized spacial score (nSPS) is 18.9. The van der Waals surface area contributed by atoms with Crippen molar-refractivity contribution in [2.24, 2.45) is 5.73 Å². The van der Waals surface area contributed by atoms with Gasteiger partial charge in [0.25, 0.3) is 0 Å². The lowest BCUT2D eigenvalue weighted by Gasteiger charge is -2.29. The van der Waals surface area contributed by atoms with Crippen LogP contribution in [-0.2, 0) is 25.6 Å². The average molecular weight is 437 g/mol. The molecular weight excluding hydrogens is 408 g/mol. The van der Waals surface area contributed by atoms with E-state index in [9.17, 15) is 19.2 Å². The van der Waals surface area contributed by atoms with Crippen LogP contribution >= 0.6 is 12.6 Å². The predicted octanol–water partition coefficient (Wildman–Crippen LogP) is -0.449. The van der Waals surface area contributed by atoms with E-state index in [-0.39, 0.29) is 12.2 Å². The molecule has 1 heterocycles. The Kier molecular flexibility index (Phi) is 8.67. The van der Waals surface area contributed by atoms with Gasteiger partial charge < -0.3 is 26.4 Å². The first kappa shape index (κ1) is 23.7. The van der Waals surface area contributed by atoms with Crippen molar-refractivity contribution in [1.29, 1.82) is 0 Å². The quantitative estimate of drug-likeness (QED) is 0.332. The summed E-state index contributed by atoms with van der Waals surface area (Å²) >= 11 is 3.94. The van der Waals surface area contributed by atoms with Gasteiger partial charge in [0.15, 0.2) is 0 Å². The summed E-state index contributed by atoms with van der Waals surface area (Å²) in [7, 11) is 0. The molecule has 10 heteroatoms. The second-order valence-corrected chi connectivity index (χ2v) is 7.68. The van der Waals surface area contributed by atoms with Crippen LogP contribution in [0.2, 0.25) is 0 Å². The maximum atomic E-state index is 13.3. The number of carboxylic acid groups (broad SMARTS) is 1.